The highest BCUT2D eigenvalue weighted by molar-refractivity contribution is 6.07. The summed E-state index contributed by atoms with van der Waals surface area (Å²) in [5.41, 5.74) is 5.35. The number of hydrogen-bond donors (Lipinski definition) is 0. The van der Waals surface area contributed by atoms with E-state index >= 15 is 0 Å². The number of benzene rings is 2. The van der Waals surface area contributed by atoms with E-state index in [9.17, 15) is 4.79 Å². The maximum Gasteiger partial charge on any atom is 0.259 e. The van der Waals surface area contributed by atoms with Crippen LogP contribution in [0.1, 0.15) is 33.5 Å². The van der Waals surface area contributed by atoms with Crippen molar-refractivity contribution in [2.24, 2.45) is 0 Å². The minimum Gasteiger partial charge on any atom is -0.367 e. The van der Waals surface area contributed by atoms with Gasteiger partial charge in [-0.25, -0.2) is 4.98 Å². The van der Waals surface area contributed by atoms with Crippen LogP contribution in [0.4, 0.5) is 11.5 Å². The Morgan fingerprint density at radius 3 is 2.65 bits per heavy atom. The molecule has 1 fully saturated rings. The van der Waals surface area contributed by atoms with Crippen molar-refractivity contribution in [3.05, 3.63) is 89.1 Å². The number of carbonyl (C=O) groups excluding carboxylic acids is 1. The summed E-state index contributed by atoms with van der Waals surface area (Å²) in [7, 11) is 0. The van der Waals surface area contributed by atoms with E-state index in [4.69, 9.17) is 4.74 Å². The summed E-state index contributed by atoms with van der Waals surface area (Å²) in [4.78, 5) is 21.9. The molecule has 0 bridgehead atoms. The molecule has 31 heavy (non-hydrogen) atoms. The van der Waals surface area contributed by atoms with Crippen LogP contribution < -0.4 is 9.80 Å². The molecule has 0 N–H and O–H groups in total. The van der Waals surface area contributed by atoms with Crippen LogP contribution in [0, 0.1) is 0 Å². The van der Waals surface area contributed by atoms with E-state index in [2.05, 4.69) is 40.2 Å². The van der Waals surface area contributed by atoms with Crippen LogP contribution in [0.2, 0.25) is 0 Å². The topological polar surface area (TPSA) is 45.7 Å². The number of aryl methyl sites for hydroxylation is 1. The van der Waals surface area contributed by atoms with Gasteiger partial charge in [0.25, 0.3) is 5.91 Å². The number of ether oxygens (including phenoxy) is 1. The van der Waals surface area contributed by atoms with Crippen molar-refractivity contribution in [2.45, 2.75) is 24.9 Å². The lowest BCUT2D eigenvalue weighted by Gasteiger charge is -2.41. The first-order valence-corrected chi connectivity index (χ1v) is 11.1. The number of aromatic nitrogens is 1. The van der Waals surface area contributed by atoms with Crippen LogP contribution in [0.15, 0.2) is 66.9 Å². The van der Waals surface area contributed by atoms with E-state index in [0.29, 0.717) is 12.2 Å². The summed E-state index contributed by atoms with van der Waals surface area (Å²) in [6.07, 6.45) is 4.70. The quantitative estimate of drug-likeness (QED) is 0.640. The van der Waals surface area contributed by atoms with Gasteiger partial charge in [-0.1, -0.05) is 42.5 Å². The van der Waals surface area contributed by atoms with Gasteiger partial charge in [0.2, 0.25) is 0 Å². The maximum absolute atomic E-state index is 13.1. The molecule has 1 atom stereocenters. The number of para-hydroxylation sites is 1. The summed E-state index contributed by atoms with van der Waals surface area (Å²) >= 11 is 0. The molecule has 1 saturated heterocycles. The van der Waals surface area contributed by atoms with E-state index in [1.165, 1.54) is 16.7 Å². The third-order valence-corrected chi connectivity index (χ3v) is 6.94. The van der Waals surface area contributed by atoms with Gasteiger partial charge in [0.1, 0.15) is 11.4 Å². The van der Waals surface area contributed by atoms with Crippen LogP contribution in [0.3, 0.4) is 0 Å². The van der Waals surface area contributed by atoms with E-state index in [-0.39, 0.29) is 11.5 Å². The van der Waals surface area contributed by atoms with Gasteiger partial charge in [-0.3, -0.25) is 4.79 Å². The third kappa shape index (κ3) is 3.03. The van der Waals surface area contributed by atoms with Crippen molar-refractivity contribution in [3.63, 3.8) is 0 Å². The van der Waals surface area contributed by atoms with Gasteiger partial charge in [0.05, 0.1) is 18.7 Å². The lowest BCUT2D eigenvalue weighted by atomic mass is 9.93. The van der Waals surface area contributed by atoms with Crippen LogP contribution in [-0.4, -0.2) is 37.1 Å². The van der Waals surface area contributed by atoms with Gasteiger partial charge in [-0.15, -0.1) is 0 Å². The number of morpholine rings is 1. The molecule has 5 nitrogen and oxygen atoms in total. The Balaban J connectivity index is 1.22. The molecule has 1 amide bonds. The van der Waals surface area contributed by atoms with E-state index in [0.717, 1.165) is 50.4 Å². The smallest absolute Gasteiger partial charge is 0.259 e. The second-order valence-electron chi connectivity index (χ2n) is 8.66. The van der Waals surface area contributed by atoms with Crippen LogP contribution >= 0.6 is 0 Å². The lowest BCUT2D eigenvalue weighted by molar-refractivity contribution is -0.0594. The first-order chi connectivity index (χ1) is 15.2. The molecular weight excluding hydrogens is 386 g/mol. The predicted molar refractivity (Wildman–Crippen MR) is 121 cm³/mol. The SMILES string of the molecule is O=C(c1ccc(N2CCOC3(CCc4ccccc43)C2)nc1)N1CCc2ccccc21. The number of amides is 1. The zero-order valence-electron chi connectivity index (χ0n) is 17.5. The summed E-state index contributed by atoms with van der Waals surface area (Å²) in [6, 6.07) is 20.6. The number of carbonyl (C=O) groups is 1. The van der Waals surface area contributed by atoms with Crippen LogP contribution in [0.25, 0.3) is 0 Å². The Hall–Kier alpha value is -3.18. The fraction of sp³-hybridized carbons (Fsp3) is 0.308. The molecule has 0 saturated carbocycles. The number of fused-ring (bicyclic) bond motifs is 3. The van der Waals surface area contributed by atoms with Crippen LogP contribution in [0.5, 0.6) is 0 Å². The van der Waals surface area contributed by atoms with Crippen molar-refractivity contribution >= 4 is 17.4 Å². The Morgan fingerprint density at radius 1 is 0.935 bits per heavy atom. The van der Waals surface area contributed by atoms with Crippen molar-refractivity contribution < 1.29 is 9.53 Å². The molecule has 156 valence electrons. The van der Waals surface area contributed by atoms with Gasteiger partial charge in [-0.2, -0.15) is 0 Å². The van der Waals surface area contributed by atoms with Gasteiger partial charge in [-0.05, 0) is 54.2 Å². The molecule has 3 heterocycles. The van der Waals surface area contributed by atoms with Crippen molar-refractivity contribution in [3.8, 4) is 0 Å². The number of hydrogen-bond acceptors (Lipinski definition) is 4. The molecule has 3 aromatic rings. The molecular formula is C26H25N3O2. The monoisotopic (exact) mass is 411 g/mol. The fourth-order valence-electron chi connectivity index (χ4n) is 5.35. The van der Waals surface area contributed by atoms with Crippen LogP contribution in [-0.2, 0) is 23.2 Å². The van der Waals surface area contributed by atoms with Gasteiger partial charge in [0, 0.05) is 25.0 Å². The highest BCUT2D eigenvalue weighted by atomic mass is 16.5. The summed E-state index contributed by atoms with van der Waals surface area (Å²) < 4.78 is 6.34. The first kappa shape index (κ1) is 18.6. The number of nitrogens with zero attached hydrogens (tertiary/aromatic N) is 3. The van der Waals surface area contributed by atoms with E-state index in [1.807, 2.05) is 35.2 Å². The third-order valence-electron chi connectivity index (χ3n) is 6.94. The number of rotatable bonds is 2. The second kappa shape index (κ2) is 7.20. The molecule has 1 spiro atoms. The van der Waals surface area contributed by atoms with E-state index in [1.54, 1.807) is 6.20 Å². The summed E-state index contributed by atoms with van der Waals surface area (Å²) in [5, 5.41) is 0. The molecule has 6 rings (SSSR count). The molecule has 2 aliphatic heterocycles. The largest absolute Gasteiger partial charge is 0.367 e. The molecule has 3 aliphatic rings. The lowest BCUT2D eigenvalue weighted by Crippen LogP contribution is -2.49. The minimum absolute atomic E-state index is 0.0205. The first-order valence-electron chi connectivity index (χ1n) is 11.1. The minimum atomic E-state index is -0.246. The molecule has 1 aliphatic carbocycles. The normalized spacial score (nSPS) is 21.9. The maximum atomic E-state index is 13.1. The van der Waals surface area contributed by atoms with Crippen molar-refractivity contribution in [1.82, 2.24) is 4.98 Å². The number of pyridine rings is 1. The Labute approximate surface area is 182 Å². The molecule has 0 radical (unpaired) electrons. The van der Waals surface area contributed by atoms with Gasteiger partial charge in [0.15, 0.2) is 0 Å². The molecule has 1 aromatic heterocycles. The molecule has 1 unspecified atom stereocenters. The molecule has 5 heteroatoms. The Kier molecular flexibility index (Phi) is 4.32. The fourth-order valence-corrected chi connectivity index (χ4v) is 5.35. The summed E-state index contributed by atoms with van der Waals surface area (Å²) in [5.74, 6) is 0.928. The zero-order chi connectivity index (χ0) is 20.8. The Morgan fingerprint density at radius 2 is 1.77 bits per heavy atom. The highest BCUT2D eigenvalue weighted by Crippen LogP contribution is 2.42. The second-order valence-corrected chi connectivity index (χ2v) is 8.66. The average Bonchev–Trinajstić information content (AvgIpc) is 3.41. The van der Waals surface area contributed by atoms with E-state index < -0.39 is 0 Å². The number of anilines is 2. The van der Waals surface area contributed by atoms with Crippen molar-refractivity contribution in [1.29, 1.82) is 0 Å². The van der Waals surface area contributed by atoms with Gasteiger partial charge >= 0.3 is 0 Å². The summed E-state index contributed by atoms with van der Waals surface area (Å²) in [6.45, 7) is 3.01. The zero-order valence-corrected chi connectivity index (χ0v) is 17.5. The highest BCUT2D eigenvalue weighted by Gasteiger charge is 2.43. The van der Waals surface area contributed by atoms with Crippen molar-refractivity contribution in [2.75, 3.05) is 36.0 Å². The molecule has 2 aromatic carbocycles. The Bertz CT molecular complexity index is 1140. The predicted octanol–water partition coefficient (Wildman–Crippen LogP) is 3.96. The average molecular weight is 412 g/mol. The van der Waals surface area contributed by atoms with Gasteiger partial charge < -0.3 is 14.5 Å². The standard InChI is InChI=1S/C26H25N3O2/c30-25(29-14-12-20-6-2-4-8-23(20)29)21-9-10-24(27-17-21)28-15-16-31-26(18-28)13-11-19-5-1-3-7-22(19)26/h1-10,17H,11-16,18H2.